The number of carbonyl (C=O) groups excluding carboxylic acids is 1. The Bertz CT molecular complexity index is 442. The van der Waals surface area contributed by atoms with Crippen molar-refractivity contribution in [2.24, 2.45) is 5.41 Å². The topological polar surface area (TPSA) is 61.4 Å². The summed E-state index contributed by atoms with van der Waals surface area (Å²) >= 11 is 3.31. The molecule has 1 fully saturated rings. The molecule has 92 valence electrons. The maximum atomic E-state index is 12.1. The molecule has 3 N–H and O–H groups in total. The minimum atomic E-state index is -0.394. The molecule has 1 aliphatic heterocycles. The predicted molar refractivity (Wildman–Crippen MR) is 70.0 cm³/mol. The highest BCUT2D eigenvalue weighted by Crippen LogP contribution is 2.31. The minimum Gasteiger partial charge on any atom is -0.506 e. The summed E-state index contributed by atoms with van der Waals surface area (Å²) in [7, 11) is 0. The molecular formula is C12H15BrN2O2. The van der Waals surface area contributed by atoms with Crippen LogP contribution >= 0.6 is 15.9 Å². The first-order valence-electron chi connectivity index (χ1n) is 5.52. The summed E-state index contributed by atoms with van der Waals surface area (Å²) < 4.78 is 0.820. The van der Waals surface area contributed by atoms with Gasteiger partial charge in [0.05, 0.1) is 11.1 Å². The quantitative estimate of drug-likeness (QED) is 0.733. The lowest BCUT2D eigenvalue weighted by Gasteiger charge is -2.21. The van der Waals surface area contributed by atoms with Gasteiger partial charge in [-0.1, -0.05) is 15.9 Å². The van der Waals surface area contributed by atoms with Crippen LogP contribution in [0.4, 0.5) is 5.69 Å². The van der Waals surface area contributed by atoms with Crippen molar-refractivity contribution in [1.29, 1.82) is 0 Å². The van der Waals surface area contributed by atoms with Gasteiger partial charge in [-0.2, -0.15) is 0 Å². The summed E-state index contributed by atoms with van der Waals surface area (Å²) in [5, 5.41) is 15.6. The minimum absolute atomic E-state index is 0.0594. The molecule has 1 amide bonds. The third-order valence-electron chi connectivity index (χ3n) is 3.12. The third kappa shape index (κ3) is 2.61. The van der Waals surface area contributed by atoms with E-state index in [4.69, 9.17) is 0 Å². The van der Waals surface area contributed by atoms with Gasteiger partial charge in [-0.25, -0.2) is 0 Å². The normalized spacial score (nSPS) is 23.6. The number of carbonyl (C=O) groups is 1. The summed E-state index contributed by atoms with van der Waals surface area (Å²) in [5.41, 5.74) is 0.0480. The fraction of sp³-hybridized carbons (Fsp3) is 0.417. The molecule has 1 heterocycles. The van der Waals surface area contributed by atoms with Crippen LogP contribution in [0.2, 0.25) is 0 Å². The number of rotatable bonds is 2. The lowest BCUT2D eigenvalue weighted by atomic mass is 9.89. The van der Waals surface area contributed by atoms with Crippen LogP contribution in [-0.4, -0.2) is 24.1 Å². The Hall–Kier alpha value is -1.07. The fourth-order valence-electron chi connectivity index (χ4n) is 1.89. The largest absolute Gasteiger partial charge is 0.506 e. The van der Waals surface area contributed by atoms with Crippen molar-refractivity contribution in [3.63, 3.8) is 0 Å². The summed E-state index contributed by atoms with van der Waals surface area (Å²) in [6, 6.07) is 4.97. The van der Waals surface area contributed by atoms with E-state index in [1.807, 2.05) is 6.92 Å². The van der Waals surface area contributed by atoms with Crippen LogP contribution in [0.15, 0.2) is 22.7 Å². The molecule has 5 heteroatoms. The molecule has 2 rings (SSSR count). The van der Waals surface area contributed by atoms with Crippen molar-refractivity contribution < 1.29 is 9.90 Å². The van der Waals surface area contributed by atoms with E-state index in [0.29, 0.717) is 12.2 Å². The van der Waals surface area contributed by atoms with E-state index in [-0.39, 0.29) is 11.7 Å². The molecule has 17 heavy (non-hydrogen) atoms. The second kappa shape index (κ2) is 4.66. The molecule has 4 nitrogen and oxygen atoms in total. The number of hydrogen-bond acceptors (Lipinski definition) is 3. The molecule has 1 aliphatic rings. The van der Waals surface area contributed by atoms with Gasteiger partial charge in [-0.05, 0) is 38.1 Å². The van der Waals surface area contributed by atoms with Crippen molar-refractivity contribution in [2.45, 2.75) is 13.3 Å². The SMILES string of the molecule is CC1(C(=O)Nc2cc(Br)ccc2O)CCNC1. The van der Waals surface area contributed by atoms with E-state index in [2.05, 4.69) is 26.6 Å². The standard InChI is InChI=1S/C12H15BrN2O2/c1-12(4-5-14-7-12)11(17)15-9-6-8(13)2-3-10(9)16/h2-3,6,14,16H,4-5,7H2,1H3,(H,15,17). The number of benzene rings is 1. The molecule has 0 spiro atoms. The van der Waals surface area contributed by atoms with Crippen LogP contribution in [0.1, 0.15) is 13.3 Å². The Labute approximate surface area is 109 Å². The second-order valence-electron chi connectivity index (χ2n) is 4.60. The molecule has 0 radical (unpaired) electrons. The van der Waals surface area contributed by atoms with Crippen LogP contribution in [0.5, 0.6) is 5.75 Å². The first kappa shape index (κ1) is 12.4. The highest BCUT2D eigenvalue weighted by molar-refractivity contribution is 9.10. The molecule has 0 aliphatic carbocycles. The first-order chi connectivity index (χ1) is 8.01. The van der Waals surface area contributed by atoms with E-state index in [1.165, 1.54) is 0 Å². The van der Waals surface area contributed by atoms with Gasteiger partial charge in [0.25, 0.3) is 0 Å². The van der Waals surface area contributed by atoms with Gasteiger partial charge in [0, 0.05) is 11.0 Å². The maximum absolute atomic E-state index is 12.1. The molecule has 0 aromatic heterocycles. The summed E-state index contributed by atoms with van der Waals surface area (Å²) in [6.07, 6.45) is 0.813. The number of anilines is 1. The smallest absolute Gasteiger partial charge is 0.231 e. The van der Waals surface area contributed by atoms with Crippen LogP contribution < -0.4 is 10.6 Å². The average molecular weight is 299 g/mol. The lowest BCUT2D eigenvalue weighted by Crippen LogP contribution is -2.35. The van der Waals surface area contributed by atoms with Crippen LogP contribution in [0, 0.1) is 5.41 Å². The monoisotopic (exact) mass is 298 g/mol. The zero-order valence-corrected chi connectivity index (χ0v) is 11.2. The predicted octanol–water partition coefficient (Wildman–Crippen LogP) is 2.09. The molecule has 1 aromatic rings. The van der Waals surface area contributed by atoms with E-state index in [9.17, 15) is 9.90 Å². The molecule has 1 saturated heterocycles. The Morgan fingerprint density at radius 3 is 3.00 bits per heavy atom. The second-order valence-corrected chi connectivity index (χ2v) is 5.52. The Kier molecular flexibility index (Phi) is 3.40. The van der Waals surface area contributed by atoms with Gasteiger partial charge in [0.2, 0.25) is 5.91 Å². The molecule has 1 aromatic carbocycles. The van der Waals surface area contributed by atoms with E-state index < -0.39 is 5.41 Å². The summed E-state index contributed by atoms with van der Waals surface area (Å²) in [4.78, 5) is 12.1. The molecule has 0 bridgehead atoms. The van der Waals surface area contributed by atoms with Crippen molar-refractivity contribution in [2.75, 3.05) is 18.4 Å². The van der Waals surface area contributed by atoms with E-state index in [0.717, 1.165) is 17.4 Å². The zero-order chi connectivity index (χ0) is 12.5. The van der Waals surface area contributed by atoms with Gasteiger partial charge in [-0.3, -0.25) is 4.79 Å². The Morgan fingerprint density at radius 1 is 1.59 bits per heavy atom. The van der Waals surface area contributed by atoms with Gasteiger partial charge >= 0.3 is 0 Å². The summed E-state index contributed by atoms with van der Waals surface area (Å²) in [5.74, 6) is 0.0204. The number of nitrogens with one attached hydrogen (secondary N) is 2. The van der Waals surface area contributed by atoms with Crippen molar-refractivity contribution in [1.82, 2.24) is 5.32 Å². The molecular weight excluding hydrogens is 284 g/mol. The molecule has 1 unspecified atom stereocenters. The van der Waals surface area contributed by atoms with Crippen molar-refractivity contribution >= 4 is 27.5 Å². The van der Waals surface area contributed by atoms with Crippen LogP contribution in [0.25, 0.3) is 0 Å². The van der Waals surface area contributed by atoms with Gasteiger partial charge in [0.15, 0.2) is 0 Å². The van der Waals surface area contributed by atoms with Crippen LogP contribution in [-0.2, 0) is 4.79 Å². The average Bonchev–Trinajstić information content (AvgIpc) is 2.72. The Morgan fingerprint density at radius 2 is 2.35 bits per heavy atom. The summed E-state index contributed by atoms with van der Waals surface area (Å²) in [6.45, 7) is 3.46. The molecule has 0 saturated carbocycles. The van der Waals surface area contributed by atoms with E-state index in [1.54, 1.807) is 18.2 Å². The number of halogens is 1. The van der Waals surface area contributed by atoms with E-state index >= 15 is 0 Å². The Balaban J connectivity index is 2.15. The number of amides is 1. The van der Waals surface area contributed by atoms with Crippen LogP contribution in [0.3, 0.4) is 0 Å². The highest BCUT2D eigenvalue weighted by atomic mass is 79.9. The van der Waals surface area contributed by atoms with Crippen molar-refractivity contribution in [3.05, 3.63) is 22.7 Å². The van der Waals surface area contributed by atoms with Gasteiger partial charge in [-0.15, -0.1) is 0 Å². The van der Waals surface area contributed by atoms with Gasteiger partial charge < -0.3 is 15.7 Å². The maximum Gasteiger partial charge on any atom is 0.231 e. The first-order valence-corrected chi connectivity index (χ1v) is 6.31. The number of hydrogen-bond donors (Lipinski definition) is 3. The number of phenols is 1. The fourth-order valence-corrected chi connectivity index (χ4v) is 2.25. The lowest BCUT2D eigenvalue weighted by molar-refractivity contribution is -0.123. The zero-order valence-electron chi connectivity index (χ0n) is 9.59. The third-order valence-corrected chi connectivity index (χ3v) is 3.62. The molecule has 1 atom stereocenters. The van der Waals surface area contributed by atoms with Gasteiger partial charge in [0.1, 0.15) is 5.75 Å². The highest BCUT2D eigenvalue weighted by Gasteiger charge is 2.36. The number of phenolic OH excluding ortho intramolecular Hbond substituents is 1. The van der Waals surface area contributed by atoms with Crippen molar-refractivity contribution in [3.8, 4) is 5.75 Å². The number of aromatic hydroxyl groups is 1.